The molecule has 2 rings (SSSR count). The number of carbonyl (C=O) groups excluding carboxylic acids is 2. The Morgan fingerprint density at radius 1 is 1.00 bits per heavy atom. The first-order valence-corrected chi connectivity index (χ1v) is 8.02. The summed E-state index contributed by atoms with van der Waals surface area (Å²) in [5, 5.41) is 30.4. The Kier molecular flexibility index (Phi) is 5.26. The normalized spacial score (nSPS) is 14.7. The third-order valence-electron chi connectivity index (χ3n) is 4.08. The highest BCUT2D eigenvalue weighted by Crippen LogP contribution is 2.20. The summed E-state index contributed by atoms with van der Waals surface area (Å²) in [7, 11) is 0. The van der Waals surface area contributed by atoms with E-state index in [9.17, 15) is 24.9 Å². The smallest absolute Gasteiger partial charge is 0.227 e. The molecule has 0 radical (unpaired) electrons. The molecule has 6 heteroatoms. The minimum atomic E-state index is -2.77. The van der Waals surface area contributed by atoms with Crippen LogP contribution in [0.5, 0.6) is 0 Å². The van der Waals surface area contributed by atoms with Gasteiger partial charge in [0.05, 0.1) is 25.7 Å². The van der Waals surface area contributed by atoms with E-state index in [2.05, 4.69) is 5.32 Å². The highest BCUT2D eigenvalue weighted by Gasteiger charge is 2.32. The summed E-state index contributed by atoms with van der Waals surface area (Å²) >= 11 is 0. The standard InChI is InChI=1S/C20H23NO5/c1-14(19(26)21-20(11-22,12-23)13-24)16-8-5-9-17(10-16)18(25)15-6-3-2-4-7-15/h2-10,14,22-24H,11-13H2,1H3,(H,21,26)/i1D3. The van der Waals surface area contributed by atoms with E-state index in [4.69, 9.17) is 4.11 Å². The number of aliphatic hydroxyl groups excluding tert-OH is 3. The minimum absolute atomic E-state index is 0.0759. The highest BCUT2D eigenvalue weighted by atomic mass is 16.3. The zero-order valence-electron chi connectivity index (χ0n) is 17.1. The van der Waals surface area contributed by atoms with Crippen molar-refractivity contribution >= 4 is 11.7 Å². The van der Waals surface area contributed by atoms with Crippen LogP contribution in [0.3, 0.4) is 0 Å². The quantitative estimate of drug-likeness (QED) is 0.522. The van der Waals surface area contributed by atoms with Gasteiger partial charge in [0.25, 0.3) is 0 Å². The molecule has 0 saturated heterocycles. The van der Waals surface area contributed by atoms with Gasteiger partial charge in [0.15, 0.2) is 5.78 Å². The molecule has 0 saturated carbocycles. The van der Waals surface area contributed by atoms with E-state index in [-0.39, 0.29) is 16.9 Å². The zero-order valence-corrected chi connectivity index (χ0v) is 14.1. The predicted octanol–water partition coefficient (Wildman–Crippen LogP) is 0.853. The number of hydrogen-bond donors (Lipinski definition) is 4. The summed E-state index contributed by atoms with van der Waals surface area (Å²) in [6, 6.07) is 14.2. The van der Waals surface area contributed by atoms with E-state index < -0.39 is 44.0 Å². The van der Waals surface area contributed by atoms with Crippen LogP contribution in [-0.4, -0.2) is 52.4 Å². The van der Waals surface area contributed by atoms with E-state index in [1.54, 1.807) is 30.3 Å². The van der Waals surface area contributed by atoms with E-state index >= 15 is 0 Å². The van der Waals surface area contributed by atoms with Crippen molar-refractivity contribution in [1.29, 1.82) is 0 Å². The van der Waals surface area contributed by atoms with Crippen LogP contribution >= 0.6 is 0 Å². The lowest BCUT2D eigenvalue weighted by Crippen LogP contribution is -2.57. The maximum Gasteiger partial charge on any atom is 0.227 e. The Balaban J connectivity index is 2.41. The molecule has 0 aliphatic heterocycles. The predicted molar refractivity (Wildman–Crippen MR) is 96.9 cm³/mol. The van der Waals surface area contributed by atoms with Gasteiger partial charge in [0.1, 0.15) is 5.54 Å². The number of rotatable bonds is 8. The molecule has 138 valence electrons. The van der Waals surface area contributed by atoms with Gasteiger partial charge in [-0.05, 0) is 18.5 Å². The second-order valence-electron chi connectivity index (χ2n) is 6.00. The van der Waals surface area contributed by atoms with Crippen molar-refractivity contribution in [2.75, 3.05) is 19.8 Å². The van der Waals surface area contributed by atoms with Crippen molar-refractivity contribution in [3.63, 3.8) is 0 Å². The van der Waals surface area contributed by atoms with Crippen molar-refractivity contribution < 1.29 is 29.0 Å². The van der Waals surface area contributed by atoms with Crippen molar-refractivity contribution in [1.82, 2.24) is 5.32 Å². The van der Waals surface area contributed by atoms with Gasteiger partial charge in [-0.1, -0.05) is 48.5 Å². The molecule has 0 fully saturated rings. The molecule has 26 heavy (non-hydrogen) atoms. The van der Waals surface area contributed by atoms with Crippen LogP contribution < -0.4 is 5.32 Å². The maximum atomic E-state index is 12.7. The van der Waals surface area contributed by atoms with Crippen LogP contribution in [0.15, 0.2) is 54.6 Å². The van der Waals surface area contributed by atoms with Crippen LogP contribution in [0.25, 0.3) is 0 Å². The molecule has 0 aromatic heterocycles. The summed E-state index contributed by atoms with van der Waals surface area (Å²) in [6.07, 6.45) is 0. The lowest BCUT2D eigenvalue weighted by molar-refractivity contribution is -0.126. The van der Waals surface area contributed by atoms with Crippen LogP contribution in [-0.2, 0) is 4.79 Å². The summed E-state index contributed by atoms with van der Waals surface area (Å²) in [4.78, 5) is 25.4. The first kappa shape index (κ1) is 15.7. The third-order valence-corrected chi connectivity index (χ3v) is 4.08. The van der Waals surface area contributed by atoms with Crippen LogP contribution in [0.4, 0.5) is 0 Å². The molecule has 4 N–H and O–H groups in total. The molecule has 1 amide bonds. The van der Waals surface area contributed by atoms with Gasteiger partial charge in [-0.15, -0.1) is 0 Å². The summed E-state index contributed by atoms with van der Waals surface area (Å²) < 4.78 is 23.3. The fourth-order valence-electron chi connectivity index (χ4n) is 2.37. The van der Waals surface area contributed by atoms with Crippen LogP contribution in [0.2, 0.25) is 0 Å². The van der Waals surface area contributed by atoms with Crippen molar-refractivity contribution in [3.05, 3.63) is 71.3 Å². The molecule has 6 nitrogen and oxygen atoms in total. The Hall–Kier alpha value is -2.54. The van der Waals surface area contributed by atoms with Gasteiger partial charge in [-0.2, -0.15) is 0 Å². The molecular formula is C20H23NO5. The number of nitrogens with one attached hydrogen (secondary N) is 1. The molecule has 0 aliphatic rings. The average Bonchev–Trinajstić information content (AvgIpc) is 2.71. The first-order chi connectivity index (χ1) is 13.7. The van der Waals surface area contributed by atoms with Crippen LogP contribution in [0, 0.1) is 0 Å². The fraction of sp³-hybridized carbons (Fsp3) is 0.300. The number of aliphatic hydroxyl groups is 3. The summed E-state index contributed by atoms with van der Waals surface area (Å²) in [5.74, 6) is -3.01. The van der Waals surface area contributed by atoms with E-state index in [0.29, 0.717) is 5.56 Å². The maximum absolute atomic E-state index is 12.7. The second-order valence-corrected chi connectivity index (χ2v) is 6.00. The molecule has 0 bridgehead atoms. The highest BCUT2D eigenvalue weighted by molar-refractivity contribution is 6.09. The molecule has 0 heterocycles. The number of amides is 1. The first-order valence-electron chi connectivity index (χ1n) is 9.52. The molecular weight excluding hydrogens is 334 g/mol. The lowest BCUT2D eigenvalue weighted by atomic mass is 9.94. The second kappa shape index (κ2) is 8.71. The number of carbonyl (C=O) groups is 2. The lowest BCUT2D eigenvalue weighted by Gasteiger charge is -2.30. The number of ketones is 1. The third kappa shape index (κ3) is 4.35. The van der Waals surface area contributed by atoms with E-state index in [1.165, 1.54) is 24.3 Å². The summed E-state index contributed by atoms with van der Waals surface area (Å²) in [5.41, 5.74) is -1.06. The van der Waals surface area contributed by atoms with E-state index in [1.807, 2.05) is 0 Å². The molecule has 2 aromatic rings. The number of benzene rings is 2. The van der Waals surface area contributed by atoms with E-state index in [0.717, 1.165) is 0 Å². The SMILES string of the molecule is [2H]C([2H])([2H])C(C(=O)NC(CO)(CO)CO)c1cccc(C(=O)c2ccccc2)c1. The van der Waals surface area contributed by atoms with Crippen LogP contribution in [0.1, 0.15) is 38.4 Å². The Bertz CT molecular complexity index is 842. The molecule has 0 spiro atoms. The Labute approximate surface area is 156 Å². The topological polar surface area (TPSA) is 107 Å². The molecule has 0 aliphatic carbocycles. The fourth-order valence-corrected chi connectivity index (χ4v) is 2.37. The van der Waals surface area contributed by atoms with Crippen molar-refractivity contribution in [2.24, 2.45) is 0 Å². The van der Waals surface area contributed by atoms with Gasteiger partial charge < -0.3 is 20.6 Å². The van der Waals surface area contributed by atoms with Crippen molar-refractivity contribution in [2.45, 2.75) is 18.3 Å². The Morgan fingerprint density at radius 2 is 1.62 bits per heavy atom. The monoisotopic (exact) mass is 360 g/mol. The zero-order chi connectivity index (χ0) is 21.7. The van der Waals surface area contributed by atoms with Gasteiger partial charge in [0, 0.05) is 15.2 Å². The molecule has 1 atom stereocenters. The summed E-state index contributed by atoms with van der Waals surface area (Å²) in [6.45, 7) is -5.13. The minimum Gasteiger partial charge on any atom is -0.394 e. The average molecular weight is 360 g/mol. The largest absolute Gasteiger partial charge is 0.394 e. The van der Waals surface area contributed by atoms with Gasteiger partial charge in [-0.3, -0.25) is 9.59 Å². The van der Waals surface area contributed by atoms with Crippen molar-refractivity contribution in [3.8, 4) is 0 Å². The van der Waals surface area contributed by atoms with Gasteiger partial charge >= 0.3 is 0 Å². The van der Waals surface area contributed by atoms with Gasteiger partial charge in [-0.25, -0.2) is 0 Å². The molecule has 2 aromatic carbocycles. The molecule has 1 unspecified atom stereocenters. The number of hydrogen-bond acceptors (Lipinski definition) is 5. The Morgan fingerprint density at radius 3 is 2.19 bits per heavy atom. The van der Waals surface area contributed by atoms with Gasteiger partial charge in [0.2, 0.25) is 5.91 Å².